The molecule has 4 nitrogen and oxygen atoms in total. The molecule has 4 heteroatoms. The van der Waals surface area contributed by atoms with E-state index in [4.69, 9.17) is 9.15 Å². The number of aromatic hydroxyl groups is 1. The van der Waals surface area contributed by atoms with Crippen LogP contribution < -0.4 is 10.4 Å². The molecule has 0 atom stereocenters. The van der Waals surface area contributed by atoms with Gasteiger partial charge in [0, 0.05) is 6.07 Å². The molecular formula is C12H12O4. The Hall–Kier alpha value is -1.97. The van der Waals surface area contributed by atoms with Crippen molar-refractivity contribution in [3.05, 3.63) is 34.2 Å². The smallest absolute Gasteiger partial charge is 0.339 e. The molecule has 0 radical (unpaired) electrons. The van der Waals surface area contributed by atoms with Crippen LogP contribution in [0.3, 0.4) is 0 Å². The Kier molecular flexibility index (Phi) is 2.56. The van der Waals surface area contributed by atoms with E-state index >= 15 is 0 Å². The lowest BCUT2D eigenvalue weighted by Gasteiger charge is -2.08. The minimum Gasteiger partial charge on any atom is -0.507 e. The molecule has 1 heterocycles. The van der Waals surface area contributed by atoms with Crippen molar-refractivity contribution in [2.24, 2.45) is 0 Å². The minimum absolute atomic E-state index is 0.0661. The molecule has 0 saturated carbocycles. The third-order valence-corrected chi connectivity index (χ3v) is 2.50. The Morgan fingerprint density at radius 1 is 1.38 bits per heavy atom. The van der Waals surface area contributed by atoms with Crippen molar-refractivity contribution in [1.82, 2.24) is 0 Å². The first-order valence-electron chi connectivity index (χ1n) is 4.99. The van der Waals surface area contributed by atoms with Crippen molar-refractivity contribution in [2.75, 3.05) is 7.11 Å². The second-order valence-corrected chi connectivity index (χ2v) is 3.46. The molecule has 0 aliphatic rings. The highest BCUT2D eigenvalue weighted by atomic mass is 16.5. The number of hydrogen-bond donors (Lipinski definition) is 1. The molecule has 0 saturated heterocycles. The van der Waals surface area contributed by atoms with E-state index < -0.39 is 5.63 Å². The van der Waals surface area contributed by atoms with Gasteiger partial charge in [0.2, 0.25) is 0 Å². The van der Waals surface area contributed by atoms with Gasteiger partial charge in [0.25, 0.3) is 0 Å². The van der Waals surface area contributed by atoms with E-state index in [1.165, 1.54) is 0 Å². The fourth-order valence-electron chi connectivity index (χ4n) is 1.68. The number of fused-ring (bicyclic) bond motifs is 1. The summed E-state index contributed by atoms with van der Waals surface area (Å²) < 4.78 is 10.2. The molecule has 1 aromatic heterocycles. The molecule has 0 unspecified atom stereocenters. The maximum atomic E-state index is 11.1. The van der Waals surface area contributed by atoms with Crippen LogP contribution in [0, 0.1) is 0 Å². The highest BCUT2D eigenvalue weighted by molar-refractivity contribution is 5.85. The Morgan fingerprint density at radius 3 is 2.75 bits per heavy atom. The van der Waals surface area contributed by atoms with Crippen molar-refractivity contribution in [1.29, 1.82) is 0 Å². The van der Waals surface area contributed by atoms with Crippen LogP contribution >= 0.6 is 0 Å². The monoisotopic (exact) mass is 220 g/mol. The van der Waals surface area contributed by atoms with Gasteiger partial charge < -0.3 is 14.3 Å². The van der Waals surface area contributed by atoms with Gasteiger partial charge >= 0.3 is 5.63 Å². The zero-order valence-electron chi connectivity index (χ0n) is 9.11. The Labute approximate surface area is 92.1 Å². The summed E-state index contributed by atoms with van der Waals surface area (Å²) in [4.78, 5) is 11.1. The molecule has 0 aliphatic heterocycles. The Balaban J connectivity index is 2.83. The number of hydrogen-bond acceptors (Lipinski definition) is 4. The molecular weight excluding hydrogens is 208 g/mol. The van der Waals surface area contributed by atoms with Gasteiger partial charge in [0.15, 0.2) is 0 Å². The van der Waals surface area contributed by atoms with E-state index in [0.29, 0.717) is 16.7 Å². The molecule has 0 fully saturated rings. The van der Waals surface area contributed by atoms with Crippen LogP contribution in [0.15, 0.2) is 27.4 Å². The molecule has 0 aliphatic carbocycles. The molecule has 1 N–H and O–H groups in total. The predicted octanol–water partition coefficient (Wildman–Crippen LogP) is 2.07. The molecule has 0 bridgehead atoms. The van der Waals surface area contributed by atoms with E-state index in [9.17, 15) is 9.90 Å². The average Bonchev–Trinajstić information content (AvgIpc) is 2.27. The van der Waals surface area contributed by atoms with Crippen LogP contribution in [0.4, 0.5) is 0 Å². The molecule has 2 rings (SSSR count). The van der Waals surface area contributed by atoms with Gasteiger partial charge in [-0.15, -0.1) is 0 Å². The number of ether oxygens (including phenoxy) is 1. The quantitative estimate of drug-likeness (QED) is 0.787. The highest BCUT2D eigenvalue weighted by Gasteiger charge is 2.09. The molecule has 0 amide bonds. The van der Waals surface area contributed by atoms with E-state index in [2.05, 4.69) is 0 Å². The Morgan fingerprint density at radius 2 is 2.12 bits per heavy atom. The number of rotatable bonds is 2. The summed E-state index contributed by atoms with van der Waals surface area (Å²) in [5.41, 5.74) is 0.717. The minimum atomic E-state index is -0.573. The van der Waals surface area contributed by atoms with Crippen molar-refractivity contribution in [2.45, 2.75) is 13.3 Å². The molecule has 0 spiro atoms. The van der Waals surface area contributed by atoms with Gasteiger partial charge in [-0.3, -0.25) is 0 Å². The fraction of sp³-hybridized carbons (Fsp3) is 0.250. The van der Waals surface area contributed by atoms with Crippen LogP contribution in [0.25, 0.3) is 11.0 Å². The largest absolute Gasteiger partial charge is 0.507 e. The van der Waals surface area contributed by atoms with Gasteiger partial charge in [-0.05, 0) is 18.1 Å². The van der Waals surface area contributed by atoms with Crippen molar-refractivity contribution in [3.8, 4) is 11.5 Å². The van der Waals surface area contributed by atoms with E-state index in [1.54, 1.807) is 19.2 Å². The maximum absolute atomic E-state index is 11.1. The zero-order chi connectivity index (χ0) is 11.7. The number of methoxy groups -OCH3 is 1. The lowest BCUT2D eigenvalue weighted by atomic mass is 10.1. The lowest BCUT2D eigenvalue weighted by molar-refractivity contribution is 0.409. The summed E-state index contributed by atoms with van der Waals surface area (Å²) >= 11 is 0. The van der Waals surface area contributed by atoms with Gasteiger partial charge in [0.05, 0.1) is 18.6 Å². The van der Waals surface area contributed by atoms with Gasteiger partial charge in [-0.1, -0.05) is 6.92 Å². The fourth-order valence-corrected chi connectivity index (χ4v) is 1.68. The number of aryl methyl sites for hydroxylation is 1. The topological polar surface area (TPSA) is 59.7 Å². The molecule has 84 valence electrons. The SMILES string of the molecule is CCc1cc2c(O)cc(=O)oc2cc1OC. The molecule has 1 aromatic carbocycles. The second kappa shape index (κ2) is 3.89. The summed E-state index contributed by atoms with van der Waals surface area (Å²) in [6, 6.07) is 4.45. The van der Waals surface area contributed by atoms with Crippen molar-refractivity contribution in [3.63, 3.8) is 0 Å². The van der Waals surface area contributed by atoms with Crippen LogP contribution in [-0.2, 0) is 6.42 Å². The Bertz CT molecular complexity index is 583. The first-order chi connectivity index (χ1) is 7.65. The van der Waals surface area contributed by atoms with E-state index in [-0.39, 0.29) is 5.75 Å². The van der Waals surface area contributed by atoms with Crippen LogP contribution in [-0.4, -0.2) is 12.2 Å². The van der Waals surface area contributed by atoms with E-state index in [0.717, 1.165) is 18.1 Å². The predicted molar refractivity (Wildman–Crippen MR) is 60.1 cm³/mol. The summed E-state index contributed by atoms with van der Waals surface area (Å²) in [5.74, 6) is 0.590. The normalized spacial score (nSPS) is 10.6. The average molecular weight is 220 g/mol. The van der Waals surface area contributed by atoms with Crippen LogP contribution in [0.5, 0.6) is 11.5 Å². The summed E-state index contributed by atoms with van der Waals surface area (Å²) in [7, 11) is 1.56. The van der Waals surface area contributed by atoms with Crippen LogP contribution in [0.1, 0.15) is 12.5 Å². The van der Waals surface area contributed by atoms with Crippen molar-refractivity contribution < 1.29 is 14.3 Å². The van der Waals surface area contributed by atoms with Crippen LogP contribution in [0.2, 0.25) is 0 Å². The third-order valence-electron chi connectivity index (χ3n) is 2.50. The lowest BCUT2D eigenvalue weighted by Crippen LogP contribution is -1.97. The third kappa shape index (κ3) is 1.62. The highest BCUT2D eigenvalue weighted by Crippen LogP contribution is 2.30. The van der Waals surface area contributed by atoms with Crippen molar-refractivity contribution >= 4 is 11.0 Å². The van der Waals surface area contributed by atoms with Gasteiger partial charge in [-0.2, -0.15) is 0 Å². The standard InChI is InChI=1S/C12H12O4/c1-3-7-4-8-9(13)5-12(14)16-11(8)6-10(7)15-2/h4-6,13H,3H2,1-2H3. The first kappa shape index (κ1) is 10.5. The van der Waals surface area contributed by atoms with Gasteiger partial charge in [-0.25, -0.2) is 4.79 Å². The summed E-state index contributed by atoms with van der Waals surface area (Å²) in [6.07, 6.45) is 0.775. The number of benzene rings is 1. The summed E-state index contributed by atoms with van der Waals surface area (Å²) in [5, 5.41) is 10.2. The first-order valence-corrected chi connectivity index (χ1v) is 4.99. The van der Waals surface area contributed by atoms with E-state index in [1.807, 2.05) is 6.92 Å². The zero-order valence-corrected chi connectivity index (χ0v) is 9.11. The molecule has 2 aromatic rings. The molecule has 16 heavy (non-hydrogen) atoms. The maximum Gasteiger partial charge on any atom is 0.339 e. The summed E-state index contributed by atoms with van der Waals surface area (Å²) in [6.45, 7) is 1.99. The second-order valence-electron chi connectivity index (χ2n) is 3.46. The van der Waals surface area contributed by atoms with Gasteiger partial charge in [0.1, 0.15) is 17.1 Å².